The molecule has 6 nitrogen and oxygen atoms in total. The van der Waals surface area contributed by atoms with Crippen LogP contribution in [0.3, 0.4) is 0 Å². The topological polar surface area (TPSA) is 84.4 Å². The molecule has 0 aliphatic rings. The average molecular weight is 280 g/mol. The van der Waals surface area contributed by atoms with Gasteiger partial charge >= 0.3 is 5.69 Å². The largest absolute Gasteiger partial charge is 0.363 e. The molecular formula is C14H24N4O2. The first kappa shape index (κ1) is 16.2. The second kappa shape index (κ2) is 7.69. The SMILES string of the molecule is CCCCN(c1cccc(NN)c1[N+](=O)[O-])C(C)CC. The Balaban J connectivity index is 3.27. The monoisotopic (exact) mass is 280 g/mol. The summed E-state index contributed by atoms with van der Waals surface area (Å²) in [6, 6.07) is 5.45. The van der Waals surface area contributed by atoms with Crippen LogP contribution >= 0.6 is 0 Å². The molecule has 0 aliphatic heterocycles. The van der Waals surface area contributed by atoms with Crippen LogP contribution in [0.4, 0.5) is 17.1 Å². The van der Waals surface area contributed by atoms with Gasteiger partial charge in [-0.25, -0.2) is 0 Å². The van der Waals surface area contributed by atoms with Gasteiger partial charge in [-0.1, -0.05) is 26.3 Å². The summed E-state index contributed by atoms with van der Waals surface area (Å²) >= 11 is 0. The van der Waals surface area contributed by atoms with E-state index >= 15 is 0 Å². The lowest BCUT2D eigenvalue weighted by Crippen LogP contribution is -2.34. The summed E-state index contributed by atoms with van der Waals surface area (Å²) in [5.41, 5.74) is 3.44. The Morgan fingerprint density at radius 1 is 1.45 bits per heavy atom. The molecule has 0 fully saturated rings. The molecule has 20 heavy (non-hydrogen) atoms. The van der Waals surface area contributed by atoms with Crippen LogP contribution in [0.15, 0.2) is 18.2 Å². The molecule has 1 aromatic rings. The predicted molar refractivity (Wildman–Crippen MR) is 82.9 cm³/mol. The Hall–Kier alpha value is -1.82. The molecule has 112 valence electrons. The lowest BCUT2D eigenvalue weighted by molar-refractivity contribution is -0.383. The molecule has 6 heteroatoms. The van der Waals surface area contributed by atoms with E-state index in [1.807, 2.05) is 0 Å². The summed E-state index contributed by atoms with van der Waals surface area (Å²) in [6.07, 6.45) is 2.98. The number of para-hydroxylation sites is 1. The van der Waals surface area contributed by atoms with Gasteiger partial charge in [0.25, 0.3) is 0 Å². The number of nitrogens with one attached hydrogen (secondary N) is 1. The van der Waals surface area contributed by atoms with E-state index in [4.69, 9.17) is 5.84 Å². The quantitative estimate of drug-likeness (QED) is 0.433. The van der Waals surface area contributed by atoms with Crippen LogP contribution < -0.4 is 16.2 Å². The van der Waals surface area contributed by atoms with Gasteiger partial charge in [-0.15, -0.1) is 0 Å². The summed E-state index contributed by atoms with van der Waals surface area (Å²) in [7, 11) is 0. The van der Waals surface area contributed by atoms with E-state index < -0.39 is 0 Å². The highest BCUT2D eigenvalue weighted by atomic mass is 16.6. The van der Waals surface area contributed by atoms with Crippen molar-refractivity contribution < 1.29 is 4.92 Å². The molecule has 0 saturated carbocycles. The first-order chi connectivity index (χ1) is 9.56. The molecule has 3 N–H and O–H groups in total. The number of hydrogen-bond acceptors (Lipinski definition) is 5. The molecule has 0 bridgehead atoms. The molecular weight excluding hydrogens is 256 g/mol. The molecule has 0 saturated heterocycles. The smallest absolute Gasteiger partial charge is 0.316 e. The van der Waals surface area contributed by atoms with Crippen LogP contribution in [0.25, 0.3) is 0 Å². The van der Waals surface area contributed by atoms with Crippen LogP contribution in [-0.4, -0.2) is 17.5 Å². The molecule has 0 aromatic heterocycles. The molecule has 0 radical (unpaired) electrons. The number of unbranched alkanes of at least 4 members (excludes halogenated alkanes) is 1. The number of benzene rings is 1. The van der Waals surface area contributed by atoms with Gasteiger partial charge in [0.05, 0.1) is 4.92 Å². The maximum atomic E-state index is 11.4. The number of nitrogens with two attached hydrogens (primary N) is 1. The number of nitrogens with zero attached hydrogens (tertiary/aromatic N) is 2. The molecule has 0 amide bonds. The van der Waals surface area contributed by atoms with Gasteiger partial charge in [-0.3, -0.25) is 16.0 Å². The van der Waals surface area contributed by atoms with Crippen molar-refractivity contribution in [1.29, 1.82) is 0 Å². The zero-order valence-corrected chi connectivity index (χ0v) is 12.4. The Bertz CT molecular complexity index is 451. The molecule has 0 heterocycles. The van der Waals surface area contributed by atoms with E-state index in [9.17, 15) is 10.1 Å². The fourth-order valence-electron chi connectivity index (χ4n) is 2.20. The zero-order valence-electron chi connectivity index (χ0n) is 12.4. The summed E-state index contributed by atoms with van der Waals surface area (Å²) in [5.74, 6) is 5.39. The summed E-state index contributed by atoms with van der Waals surface area (Å²) < 4.78 is 0. The first-order valence-electron chi connectivity index (χ1n) is 7.07. The molecule has 0 spiro atoms. The van der Waals surface area contributed by atoms with Crippen molar-refractivity contribution >= 4 is 17.1 Å². The van der Waals surface area contributed by atoms with Crippen molar-refractivity contribution in [2.24, 2.45) is 5.84 Å². The van der Waals surface area contributed by atoms with E-state index in [-0.39, 0.29) is 16.7 Å². The van der Waals surface area contributed by atoms with Crippen molar-refractivity contribution in [3.63, 3.8) is 0 Å². The number of hydrazine groups is 1. The molecule has 0 aliphatic carbocycles. The number of anilines is 2. The third-order valence-corrected chi connectivity index (χ3v) is 3.54. The third kappa shape index (κ3) is 3.60. The Labute approximate surface area is 120 Å². The number of nitro benzene ring substituents is 1. The van der Waals surface area contributed by atoms with Crippen LogP contribution in [0.1, 0.15) is 40.0 Å². The van der Waals surface area contributed by atoms with Crippen molar-refractivity contribution in [2.75, 3.05) is 16.9 Å². The molecule has 1 rings (SSSR count). The second-order valence-corrected chi connectivity index (χ2v) is 4.88. The third-order valence-electron chi connectivity index (χ3n) is 3.54. The highest BCUT2D eigenvalue weighted by Gasteiger charge is 2.25. The number of rotatable bonds is 8. The fraction of sp³-hybridized carbons (Fsp3) is 0.571. The Morgan fingerprint density at radius 2 is 2.15 bits per heavy atom. The van der Waals surface area contributed by atoms with E-state index in [1.54, 1.807) is 18.2 Å². The highest BCUT2D eigenvalue weighted by molar-refractivity contribution is 5.77. The predicted octanol–water partition coefficient (Wildman–Crippen LogP) is 3.29. The van der Waals surface area contributed by atoms with Crippen molar-refractivity contribution in [3.8, 4) is 0 Å². The lowest BCUT2D eigenvalue weighted by atomic mass is 10.1. The highest BCUT2D eigenvalue weighted by Crippen LogP contribution is 2.36. The van der Waals surface area contributed by atoms with E-state index in [2.05, 4.69) is 31.1 Å². The number of nitrogen functional groups attached to an aromatic ring is 1. The first-order valence-corrected chi connectivity index (χ1v) is 7.07. The minimum Gasteiger partial charge on any atom is -0.363 e. The normalized spacial score (nSPS) is 12.0. The maximum Gasteiger partial charge on any atom is 0.316 e. The van der Waals surface area contributed by atoms with Gasteiger partial charge in [0.15, 0.2) is 0 Å². The van der Waals surface area contributed by atoms with Crippen molar-refractivity contribution in [1.82, 2.24) is 0 Å². The summed E-state index contributed by atoms with van der Waals surface area (Å²) in [6.45, 7) is 7.09. The molecule has 1 aromatic carbocycles. The minimum absolute atomic E-state index is 0.0476. The average Bonchev–Trinajstić information content (AvgIpc) is 2.46. The van der Waals surface area contributed by atoms with E-state index in [0.717, 1.165) is 25.8 Å². The van der Waals surface area contributed by atoms with Crippen molar-refractivity contribution in [3.05, 3.63) is 28.3 Å². The number of nitro groups is 1. The van der Waals surface area contributed by atoms with Gasteiger partial charge in [-0.2, -0.15) is 0 Å². The zero-order chi connectivity index (χ0) is 15.1. The Morgan fingerprint density at radius 3 is 2.65 bits per heavy atom. The maximum absolute atomic E-state index is 11.4. The van der Waals surface area contributed by atoms with Crippen LogP contribution in [0.5, 0.6) is 0 Å². The Kier molecular flexibility index (Phi) is 6.24. The fourth-order valence-corrected chi connectivity index (χ4v) is 2.20. The van der Waals surface area contributed by atoms with Gasteiger partial charge in [0, 0.05) is 12.6 Å². The van der Waals surface area contributed by atoms with Gasteiger partial charge in [-0.05, 0) is 31.9 Å². The lowest BCUT2D eigenvalue weighted by Gasteiger charge is -2.30. The number of hydrogen-bond donors (Lipinski definition) is 2. The van der Waals surface area contributed by atoms with Gasteiger partial charge in [0.1, 0.15) is 11.4 Å². The van der Waals surface area contributed by atoms with Gasteiger partial charge < -0.3 is 10.3 Å². The van der Waals surface area contributed by atoms with E-state index in [1.165, 1.54) is 0 Å². The van der Waals surface area contributed by atoms with Gasteiger partial charge in [0.2, 0.25) is 0 Å². The van der Waals surface area contributed by atoms with Crippen LogP contribution in [-0.2, 0) is 0 Å². The summed E-state index contributed by atoms with van der Waals surface area (Å²) in [5, 5.41) is 11.4. The molecule has 1 unspecified atom stereocenters. The molecule has 1 atom stereocenters. The van der Waals surface area contributed by atoms with E-state index in [0.29, 0.717) is 11.4 Å². The second-order valence-electron chi connectivity index (χ2n) is 4.88. The standard InChI is InChI=1S/C14H24N4O2/c1-4-6-10-17(11(3)5-2)13-9-7-8-12(16-15)14(13)18(19)20/h7-9,11,16H,4-6,10,15H2,1-3H3. The van der Waals surface area contributed by atoms with Crippen molar-refractivity contribution in [2.45, 2.75) is 46.1 Å². The van der Waals surface area contributed by atoms with Crippen LogP contribution in [0, 0.1) is 10.1 Å². The summed E-state index contributed by atoms with van der Waals surface area (Å²) in [4.78, 5) is 13.1. The van der Waals surface area contributed by atoms with Crippen LogP contribution in [0.2, 0.25) is 0 Å². The minimum atomic E-state index is -0.369.